The fraction of sp³-hybridized carbons (Fsp3) is 0.0833. The molecule has 17 heavy (non-hydrogen) atoms. The number of rotatable bonds is 3. The first-order valence-electron chi connectivity index (χ1n) is 4.89. The molecule has 0 spiro atoms. The van der Waals surface area contributed by atoms with E-state index in [1.807, 2.05) is 0 Å². The molecule has 0 fully saturated rings. The van der Waals surface area contributed by atoms with Crippen LogP contribution in [-0.2, 0) is 0 Å². The lowest BCUT2D eigenvalue weighted by Crippen LogP contribution is -2.10. The summed E-state index contributed by atoms with van der Waals surface area (Å²) in [6, 6.07) is 7.89. The summed E-state index contributed by atoms with van der Waals surface area (Å²) >= 11 is 1.12. The largest absolute Gasteiger partial charge is 0.477 e. The summed E-state index contributed by atoms with van der Waals surface area (Å²) in [7, 11) is 1.70. The van der Waals surface area contributed by atoms with Gasteiger partial charge < -0.3 is 10.0 Å². The van der Waals surface area contributed by atoms with Gasteiger partial charge in [0.2, 0.25) is 0 Å². The van der Waals surface area contributed by atoms with E-state index in [1.165, 1.54) is 12.1 Å². The first-order chi connectivity index (χ1) is 8.09. The number of thiophene rings is 1. The van der Waals surface area contributed by atoms with Crippen LogP contribution < -0.4 is 4.90 Å². The number of hydrogen-bond acceptors (Lipinski definition) is 3. The zero-order valence-corrected chi connectivity index (χ0v) is 9.87. The van der Waals surface area contributed by atoms with E-state index in [4.69, 9.17) is 5.11 Å². The van der Waals surface area contributed by atoms with Gasteiger partial charge in [0.05, 0.1) is 11.4 Å². The Morgan fingerprint density at radius 3 is 2.71 bits per heavy atom. The van der Waals surface area contributed by atoms with Crippen molar-refractivity contribution in [2.45, 2.75) is 0 Å². The minimum absolute atomic E-state index is 0.239. The first kappa shape index (κ1) is 11.6. The second-order valence-corrected chi connectivity index (χ2v) is 4.40. The SMILES string of the molecule is CN(c1csc(C(=O)O)c1)c1ccccc1F. The third kappa shape index (κ3) is 2.29. The summed E-state index contributed by atoms with van der Waals surface area (Å²) in [5.74, 6) is -1.30. The topological polar surface area (TPSA) is 40.5 Å². The third-order valence-corrected chi connectivity index (χ3v) is 3.30. The van der Waals surface area contributed by atoms with E-state index in [0.717, 1.165) is 11.3 Å². The molecule has 0 unspecified atom stereocenters. The highest BCUT2D eigenvalue weighted by atomic mass is 32.1. The van der Waals surface area contributed by atoms with Crippen LogP contribution in [0.15, 0.2) is 35.7 Å². The number of carboxylic acids is 1. The van der Waals surface area contributed by atoms with Gasteiger partial charge in [0.25, 0.3) is 0 Å². The van der Waals surface area contributed by atoms with Crippen molar-refractivity contribution in [3.63, 3.8) is 0 Å². The Balaban J connectivity index is 2.34. The second kappa shape index (κ2) is 4.55. The Morgan fingerprint density at radius 1 is 1.41 bits per heavy atom. The summed E-state index contributed by atoms with van der Waals surface area (Å²) < 4.78 is 13.5. The summed E-state index contributed by atoms with van der Waals surface area (Å²) in [6.45, 7) is 0. The van der Waals surface area contributed by atoms with Crippen molar-refractivity contribution >= 4 is 28.7 Å². The smallest absolute Gasteiger partial charge is 0.345 e. The Morgan fingerprint density at radius 2 is 2.12 bits per heavy atom. The van der Waals surface area contributed by atoms with Crippen molar-refractivity contribution in [2.75, 3.05) is 11.9 Å². The van der Waals surface area contributed by atoms with Gasteiger partial charge in [0.1, 0.15) is 10.7 Å². The molecule has 0 bridgehead atoms. The molecule has 1 heterocycles. The Kier molecular flexibility index (Phi) is 3.10. The highest BCUT2D eigenvalue weighted by molar-refractivity contribution is 7.12. The molecule has 1 aromatic heterocycles. The van der Waals surface area contributed by atoms with E-state index in [1.54, 1.807) is 35.5 Å². The van der Waals surface area contributed by atoms with E-state index in [-0.39, 0.29) is 10.7 Å². The van der Waals surface area contributed by atoms with E-state index >= 15 is 0 Å². The predicted molar refractivity (Wildman–Crippen MR) is 65.7 cm³/mol. The second-order valence-electron chi connectivity index (χ2n) is 3.48. The standard InChI is InChI=1S/C12H10FNO2S/c1-14(10-5-3-2-4-9(10)13)8-6-11(12(15)16)17-7-8/h2-7H,1H3,(H,15,16). The summed E-state index contributed by atoms with van der Waals surface area (Å²) in [5.41, 5.74) is 1.08. The number of aromatic carboxylic acids is 1. The van der Waals surface area contributed by atoms with Gasteiger partial charge in [-0.1, -0.05) is 12.1 Å². The summed E-state index contributed by atoms with van der Waals surface area (Å²) in [5, 5.41) is 10.5. The van der Waals surface area contributed by atoms with E-state index in [2.05, 4.69) is 0 Å². The van der Waals surface area contributed by atoms with E-state index < -0.39 is 5.97 Å². The summed E-state index contributed by atoms with van der Waals surface area (Å²) in [6.07, 6.45) is 0. The maximum atomic E-state index is 13.5. The van der Waals surface area contributed by atoms with Crippen LogP contribution >= 0.6 is 11.3 Å². The van der Waals surface area contributed by atoms with Crippen LogP contribution in [0.2, 0.25) is 0 Å². The van der Waals surface area contributed by atoms with Crippen LogP contribution in [0.1, 0.15) is 9.67 Å². The van der Waals surface area contributed by atoms with Crippen molar-refractivity contribution < 1.29 is 14.3 Å². The molecule has 0 aliphatic heterocycles. The van der Waals surface area contributed by atoms with Gasteiger partial charge in [-0.2, -0.15) is 0 Å². The van der Waals surface area contributed by atoms with Gasteiger partial charge in [0, 0.05) is 12.4 Å². The van der Waals surface area contributed by atoms with Gasteiger partial charge >= 0.3 is 5.97 Å². The fourth-order valence-corrected chi connectivity index (χ4v) is 2.24. The minimum Gasteiger partial charge on any atom is -0.477 e. The minimum atomic E-state index is -0.969. The van der Waals surface area contributed by atoms with Crippen LogP contribution in [0.4, 0.5) is 15.8 Å². The number of carbonyl (C=O) groups is 1. The lowest BCUT2D eigenvalue weighted by Gasteiger charge is -2.18. The van der Waals surface area contributed by atoms with Crippen molar-refractivity contribution in [2.24, 2.45) is 0 Å². The molecule has 2 rings (SSSR count). The molecule has 0 saturated carbocycles. The highest BCUT2D eigenvalue weighted by Gasteiger charge is 2.13. The first-order valence-corrected chi connectivity index (χ1v) is 5.77. The van der Waals surface area contributed by atoms with Gasteiger partial charge in [-0.15, -0.1) is 11.3 Å². The number of anilines is 2. The van der Waals surface area contributed by atoms with Crippen molar-refractivity contribution in [1.29, 1.82) is 0 Å². The number of benzene rings is 1. The van der Waals surface area contributed by atoms with Crippen molar-refractivity contribution in [3.8, 4) is 0 Å². The fourth-order valence-electron chi connectivity index (χ4n) is 1.48. The van der Waals surface area contributed by atoms with E-state index in [9.17, 15) is 9.18 Å². The molecule has 0 radical (unpaired) electrons. The molecule has 3 nitrogen and oxygen atoms in total. The molecular formula is C12H10FNO2S. The predicted octanol–water partition coefficient (Wildman–Crippen LogP) is 3.35. The normalized spacial score (nSPS) is 10.2. The van der Waals surface area contributed by atoms with Gasteiger partial charge in [-0.25, -0.2) is 9.18 Å². The Labute approximate surface area is 102 Å². The maximum absolute atomic E-state index is 13.5. The molecular weight excluding hydrogens is 241 g/mol. The molecule has 0 aliphatic rings. The van der Waals surface area contributed by atoms with Crippen molar-refractivity contribution in [3.05, 3.63) is 46.4 Å². The highest BCUT2D eigenvalue weighted by Crippen LogP contribution is 2.29. The van der Waals surface area contributed by atoms with Crippen molar-refractivity contribution in [1.82, 2.24) is 0 Å². The number of halogens is 1. The molecule has 5 heteroatoms. The third-order valence-electron chi connectivity index (χ3n) is 2.40. The number of nitrogens with zero attached hydrogens (tertiary/aromatic N) is 1. The monoisotopic (exact) mass is 251 g/mol. The molecule has 1 N–H and O–H groups in total. The number of hydrogen-bond donors (Lipinski definition) is 1. The molecule has 0 aliphatic carbocycles. The molecule has 88 valence electrons. The van der Waals surface area contributed by atoms with Crippen LogP contribution in [0, 0.1) is 5.82 Å². The average molecular weight is 251 g/mol. The molecule has 0 amide bonds. The number of para-hydroxylation sites is 1. The van der Waals surface area contributed by atoms with Gasteiger partial charge in [-0.05, 0) is 18.2 Å². The van der Waals surface area contributed by atoms with Gasteiger partial charge in [0.15, 0.2) is 0 Å². The molecule has 2 aromatic rings. The zero-order chi connectivity index (χ0) is 12.4. The van der Waals surface area contributed by atoms with Crippen LogP contribution in [0.5, 0.6) is 0 Å². The molecule has 0 saturated heterocycles. The van der Waals surface area contributed by atoms with E-state index in [0.29, 0.717) is 11.4 Å². The lowest BCUT2D eigenvalue weighted by atomic mass is 10.2. The van der Waals surface area contributed by atoms with Gasteiger partial charge in [-0.3, -0.25) is 0 Å². The van der Waals surface area contributed by atoms with Crippen LogP contribution in [0.25, 0.3) is 0 Å². The Bertz CT molecular complexity index is 553. The molecule has 1 aromatic carbocycles. The molecule has 0 atom stereocenters. The van der Waals surface area contributed by atoms with Crippen LogP contribution in [-0.4, -0.2) is 18.1 Å². The lowest BCUT2D eigenvalue weighted by molar-refractivity contribution is 0.0702. The Hall–Kier alpha value is -1.88. The maximum Gasteiger partial charge on any atom is 0.345 e. The van der Waals surface area contributed by atoms with Crippen LogP contribution in [0.3, 0.4) is 0 Å². The quantitative estimate of drug-likeness (QED) is 0.909. The summed E-state index contributed by atoms with van der Waals surface area (Å²) in [4.78, 5) is 12.6. The average Bonchev–Trinajstić information content (AvgIpc) is 2.78. The zero-order valence-electron chi connectivity index (χ0n) is 9.05. The number of carboxylic acid groups (broad SMARTS) is 1.